The van der Waals surface area contributed by atoms with Crippen LogP contribution in [0.3, 0.4) is 0 Å². The van der Waals surface area contributed by atoms with Crippen LogP contribution in [0.1, 0.15) is 30.9 Å². The van der Waals surface area contributed by atoms with Crippen LogP contribution < -0.4 is 0 Å². The van der Waals surface area contributed by atoms with E-state index in [0.717, 1.165) is 16.8 Å². The lowest BCUT2D eigenvalue weighted by molar-refractivity contribution is 0.873. The van der Waals surface area contributed by atoms with Crippen LogP contribution in [0.4, 0.5) is 0 Å². The van der Waals surface area contributed by atoms with Crippen LogP contribution >= 0.6 is 0 Å². The fourth-order valence-corrected chi connectivity index (χ4v) is 2.57. The van der Waals surface area contributed by atoms with Crippen LogP contribution in [0.2, 0.25) is 0 Å². The fraction of sp³-hybridized carbons (Fsp3) is 0.222. The van der Waals surface area contributed by atoms with Gasteiger partial charge in [0.05, 0.1) is 11.2 Å². The molecule has 0 atom stereocenters. The maximum absolute atomic E-state index is 4.89. The molecule has 100 valence electrons. The summed E-state index contributed by atoms with van der Waals surface area (Å²) in [6, 6.07) is 12.6. The highest BCUT2D eigenvalue weighted by atomic mass is 14.7. The number of para-hydroxylation sites is 1. The molecule has 3 rings (SSSR count). The number of fused-ring (bicyclic) bond motifs is 1. The molecule has 2 nitrogen and oxygen atoms in total. The summed E-state index contributed by atoms with van der Waals surface area (Å²) >= 11 is 0. The minimum atomic E-state index is 0.467. The van der Waals surface area contributed by atoms with Crippen molar-refractivity contribution in [3.8, 4) is 11.3 Å². The molecule has 2 heteroatoms. The number of nitrogens with zero attached hydrogens (tertiary/aromatic N) is 2. The van der Waals surface area contributed by atoms with Crippen molar-refractivity contribution in [3.05, 3.63) is 59.9 Å². The van der Waals surface area contributed by atoms with E-state index in [1.54, 1.807) is 6.20 Å². The molecule has 3 aromatic rings. The minimum Gasteiger partial charge on any atom is -0.264 e. The average molecular weight is 262 g/mol. The predicted molar refractivity (Wildman–Crippen MR) is 83.8 cm³/mol. The number of rotatable bonds is 2. The van der Waals surface area contributed by atoms with E-state index in [1.807, 2.05) is 12.3 Å². The molecule has 0 radical (unpaired) electrons. The van der Waals surface area contributed by atoms with Gasteiger partial charge in [-0.15, -0.1) is 0 Å². The second-order valence-corrected chi connectivity index (χ2v) is 5.46. The summed E-state index contributed by atoms with van der Waals surface area (Å²) in [7, 11) is 0. The first-order valence-corrected chi connectivity index (χ1v) is 6.97. The third kappa shape index (κ3) is 2.18. The van der Waals surface area contributed by atoms with Gasteiger partial charge in [0, 0.05) is 23.3 Å². The van der Waals surface area contributed by atoms with Crippen molar-refractivity contribution in [3.63, 3.8) is 0 Å². The second kappa shape index (κ2) is 5.04. The van der Waals surface area contributed by atoms with Crippen LogP contribution in [0.15, 0.2) is 48.8 Å². The number of benzene rings is 1. The second-order valence-electron chi connectivity index (χ2n) is 5.46. The summed E-state index contributed by atoms with van der Waals surface area (Å²) in [6.07, 6.45) is 3.66. The Bertz CT molecular complexity index is 746. The Hall–Kier alpha value is -2.22. The minimum absolute atomic E-state index is 0.467. The van der Waals surface area contributed by atoms with E-state index in [4.69, 9.17) is 4.98 Å². The van der Waals surface area contributed by atoms with Crippen molar-refractivity contribution in [2.24, 2.45) is 0 Å². The summed E-state index contributed by atoms with van der Waals surface area (Å²) in [6.45, 7) is 6.57. The molecule has 0 bridgehead atoms. The number of aromatic nitrogens is 2. The van der Waals surface area contributed by atoms with E-state index in [9.17, 15) is 0 Å². The lowest BCUT2D eigenvalue weighted by Crippen LogP contribution is -1.95. The molecular formula is C18H18N2. The molecule has 2 heterocycles. The van der Waals surface area contributed by atoms with Gasteiger partial charge in [0.1, 0.15) is 0 Å². The third-order valence-corrected chi connectivity index (χ3v) is 3.66. The van der Waals surface area contributed by atoms with Crippen LogP contribution in [0.5, 0.6) is 0 Å². The zero-order chi connectivity index (χ0) is 14.1. The summed E-state index contributed by atoms with van der Waals surface area (Å²) in [5.41, 5.74) is 5.74. The Morgan fingerprint density at radius 3 is 2.60 bits per heavy atom. The highest BCUT2D eigenvalue weighted by molar-refractivity contribution is 5.87. The highest BCUT2D eigenvalue weighted by Gasteiger charge is 2.10. The maximum atomic E-state index is 4.89. The molecule has 20 heavy (non-hydrogen) atoms. The molecule has 0 N–H and O–H groups in total. The highest BCUT2D eigenvalue weighted by Crippen LogP contribution is 2.29. The van der Waals surface area contributed by atoms with Crippen molar-refractivity contribution in [1.29, 1.82) is 0 Å². The van der Waals surface area contributed by atoms with Gasteiger partial charge in [-0.25, -0.2) is 4.98 Å². The van der Waals surface area contributed by atoms with Gasteiger partial charge in [-0.2, -0.15) is 0 Å². The summed E-state index contributed by atoms with van der Waals surface area (Å²) in [4.78, 5) is 9.08. The predicted octanol–water partition coefficient (Wildman–Crippen LogP) is 4.73. The van der Waals surface area contributed by atoms with Gasteiger partial charge < -0.3 is 0 Å². The molecule has 0 spiro atoms. The lowest BCUT2D eigenvalue weighted by Gasteiger charge is -2.12. The molecule has 0 amide bonds. The first-order valence-electron chi connectivity index (χ1n) is 6.97. The molecule has 0 saturated carbocycles. The summed E-state index contributed by atoms with van der Waals surface area (Å²) in [5.74, 6) is 0.467. The van der Waals surface area contributed by atoms with E-state index in [1.165, 1.54) is 16.5 Å². The van der Waals surface area contributed by atoms with E-state index < -0.39 is 0 Å². The van der Waals surface area contributed by atoms with Gasteiger partial charge in [0.15, 0.2) is 0 Å². The Labute approximate surface area is 119 Å². The smallest absolute Gasteiger partial charge is 0.0746 e. The van der Waals surface area contributed by atoms with Crippen molar-refractivity contribution in [1.82, 2.24) is 9.97 Å². The van der Waals surface area contributed by atoms with E-state index in [-0.39, 0.29) is 0 Å². The zero-order valence-electron chi connectivity index (χ0n) is 12.1. The fourth-order valence-electron chi connectivity index (χ4n) is 2.57. The maximum Gasteiger partial charge on any atom is 0.0746 e. The summed E-state index contributed by atoms with van der Waals surface area (Å²) < 4.78 is 0. The molecular weight excluding hydrogens is 244 g/mol. The van der Waals surface area contributed by atoms with Gasteiger partial charge in [-0.05, 0) is 42.2 Å². The monoisotopic (exact) mass is 262 g/mol. The van der Waals surface area contributed by atoms with Crippen LogP contribution in [0.25, 0.3) is 22.2 Å². The standard InChI is InChI=1S/C18H18N2/c1-12(2)15-7-4-8-16-13(3)10-17(20-18(15)16)14-6-5-9-19-11-14/h4-12H,1-3H3. The number of hydrogen-bond donors (Lipinski definition) is 0. The molecule has 0 aliphatic rings. The van der Waals surface area contributed by atoms with Gasteiger partial charge in [-0.3, -0.25) is 4.98 Å². The van der Waals surface area contributed by atoms with Gasteiger partial charge in [0.25, 0.3) is 0 Å². The van der Waals surface area contributed by atoms with E-state index in [2.05, 4.69) is 56.1 Å². The Kier molecular flexibility index (Phi) is 3.23. The normalized spacial score (nSPS) is 11.2. The zero-order valence-corrected chi connectivity index (χ0v) is 12.1. The molecule has 1 aromatic carbocycles. The quantitative estimate of drug-likeness (QED) is 0.667. The van der Waals surface area contributed by atoms with Gasteiger partial charge in [-0.1, -0.05) is 32.0 Å². The molecule has 0 fully saturated rings. The molecule has 0 aliphatic carbocycles. The van der Waals surface area contributed by atoms with E-state index in [0.29, 0.717) is 5.92 Å². The lowest BCUT2D eigenvalue weighted by atomic mass is 9.97. The topological polar surface area (TPSA) is 25.8 Å². The van der Waals surface area contributed by atoms with Crippen LogP contribution in [-0.2, 0) is 0 Å². The van der Waals surface area contributed by atoms with E-state index >= 15 is 0 Å². The Morgan fingerprint density at radius 1 is 1.05 bits per heavy atom. The third-order valence-electron chi connectivity index (χ3n) is 3.66. The summed E-state index contributed by atoms with van der Waals surface area (Å²) in [5, 5.41) is 1.24. The van der Waals surface area contributed by atoms with Crippen LogP contribution in [0, 0.1) is 6.92 Å². The number of aryl methyl sites for hydroxylation is 1. The first-order chi connectivity index (χ1) is 9.66. The molecule has 0 saturated heterocycles. The molecule has 2 aromatic heterocycles. The van der Waals surface area contributed by atoms with Crippen molar-refractivity contribution < 1.29 is 0 Å². The van der Waals surface area contributed by atoms with Crippen molar-refractivity contribution in [2.75, 3.05) is 0 Å². The number of pyridine rings is 2. The van der Waals surface area contributed by atoms with Crippen molar-refractivity contribution in [2.45, 2.75) is 26.7 Å². The molecule has 0 aliphatic heterocycles. The van der Waals surface area contributed by atoms with Gasteiger partial charge >= 0.3 is 0 Å². The van der Waals surface area contributed by atoms with Crippen LogP contribution in [-0.4, -0.2) is 9.97 Å². The average Bonchev–Trinajstić information content (AvgIpc) is 2.47. The SMILES string of the molecule is Cc1cc(-c2cccnc2)nc2c(C(C)C)cccc12. The van der Waals surface area contributed by atoms with Crippen molar-refractivity contribution >= 4 is 10.9 Å². The molecule has 0 unspecified atom stereocenters. The Morgan fingerprint density at radius 2 is 1.90 bits per heavy atom. The largest absolute Gasteiger partial charge is 0.264 e. The van der Waals surface area contributed by atoms with Gasteiger partial charge in [0.2, 0.25) is 0 Å². The first kappa shape index (κ1) is 12.8. The Balaban J connectivity index is 2.30. The number of hydrogen-bond acceptors (Lipinski definition) is 2.